The minimum atomic E-state index is 0.0783. The molecule has 0 aliphatic carbocycles. The highest BCUT2D eigenvalue weighted by Gasteiger charge is 2.23. The van der Waals surface area contributed by atoms with Crippen molar-refractivity contribution in [1.29, 1.82) is 0 Å². The van der Waals surface area contributed by atoms with Gasteiger partial charge in [-0.25, -0.2) is 0 Å². The van der Waals surface area contributed by atoms with Gasteiger partial charge >= 0.3 is 0 Å². The van der Waals surface area contributed by atoms with Crippen molar-refractivity contribution < 1.29 is 4.79 Å². The fraction of sp³-hybridized carbons (Fsp3) is 0.304. The van der Waals surface area contributed by atoms with E-state index in [0.29, 0.717) is 12.1 Å². The molecule has 1 amide bonds. The number of aryl methyl sites for hydroxylation is 1. The fourth-order valence-electron chi connectivity index (χ4n) is 3.69. The topological polar surface area (TPSA) is 41.4 Å². The van der Waals surface area contributed by atoms with E-state index in [2.05, 4.69) is 53.3 Å². The predicted molar refractivity (Wildman–Crippen MR) is 110 cm³/mol. The number of aromatic nitrogens is 2. The van der Waals surface area contributed by atoms with Gasteiger partial charge in [-0.2, -0.15) is 5.10 Å². The average molecular weight is 374 g/mol. The van der Waals surface area contributed by atoms with Gasteiger partial charge in [0, 0.05) is 38.9 Å². The Kier molecular flexibility index (Phi) is 5.53. The van der Waals surface area contributed by atoms with Crippen LogP contribution in [0.15, 0.2) is 67.0 Å². The molecule has 0 bridgehead atoms. The Morgan fingerprint density at radius 2 is 1.68 bits per heavy atom. The number of carbonyl (C=O) groups is 1. The molecule has 1 aliphatic heterocycles. The van der Waals surface area contributed by atoms with Gasteiger partial charge in [-0.15, -0.1) is 0 Å². The molecule has 0 atom stereocenters. The van der Waals surface area contributed by atoms with Crippen molar-refractivity contribution in [1.82, 2.24) is 19.6 Å². The monoisotopic (exact) mass is 374 g/mol. The minimum absolute atomic E-state index is 0.0783. The highest BCUT2D eigenvalue weighted by Crippen LogP contribution is 2.13. The Balaban J connectivity index is 1.31. The van der Waals surface area contributed by atoms with Crippen LogP contribution in [0.5, 0.6) is 0 Å². The molecule has 2 heterocycles. The number of carbonyl (C=O) groups excluding carboxylic acids is 1. The van der Waals surface area contributed by atoms with Crippen molar-refractivity contribution in [2.24, 2.45) is 0 Å². The van der Waals surface area contributed by atoms with Crippen molar-refractivity contribution >= 4 is 5.91 Å². The van der Waals surface area contributed by atoms with E-state index < -0.39 is 0 Å². The van der Waals surface area contributed by atoms with Crippen LogP contribution >= 0.6 is 0 Å². The van der Waals surface area contributed by atoms with Crippen molar-refractivity contribution in [3.8, 4) is 0 Å². The summed E-state index contributed by atoms with van der Waals surface area (Å²) in [7, 11) is 0. The van der Waals surface area contributed by atoms with E-state index >= 15 is 0 Å². The summed E-state index contributed by atoms with van der Waals surface area (Å²) in [6.45, 7) is 7.06. The van der Waals surface area contributed by atoms with E-state index in [-0.39, 0.29) is 5.91 Å². The van der Waals surface area contributed by atoms with Gasteiger partial charge in [0.2, 0.25) is 0 Å². The largest absolute Gasteiger partial charge is 0.336 e. The molecule has 3 aromatic rings. The summed E-state index contributed by atoms with van der Waals surface area (Å²) in [4.78, 5) is 17.2. The Bertz CT molecular complexity index is 927. The third-order valence-corrected chi connectivity index (χ3v) is 5.22. The normalized spacial score (nSPS) is 15.0. The lowest BCUT2D eigenvalue weighted by atomic mass is 10.1. The summed E-state index contributed by atoms with van der Waals surface area (Å²) in [6, 6.07) is 18.8. The first-order chi connectivity index (χ1) is 13.7. The molecule has 5 nitrogen and oxygen atoms in total. The van der Waals surface area contributed by atoms with Crippen molar-refractivity contribution in [3.63, 3.8) is 0 Å². The van der Waals surface area contributed by atoms with Crippen LogP contribution in [0.1, 0.15) is 27.0 Å². The quantitative estimate of drug-likeness (QED) is 0.689. The van der Waals surface area contributed by atoms with Crippen LogP contribution in [0.3, 0.4) is 0 Å². The van der Waals surface area contributed by atoms with E-state index in [0.717, 1.165) is 32.7 Å². The summed E-state index contributed by atoms with van der Waals surface area (Å²) in [5.74, 6) is 0.0783. The summed E-state index contributed by atoms with van der Waals surface area (Å²) in [5.41, 5.74) is 4.47. The Hall–Kier alpha value is -2.92. The average Bonchev–Trinajstić information content (AvgIpc) is 3.17. The van der Waals surface area contributed by atoms with Gasteiger partial charge < -0.3 is 4.90 Å². The molecule has 144 valence electrons. The van der Waals surface area contributed by atoms with Gasteiger partial charge in [-0.05, 0) is 18.1 Å². The highest BCUT2D eigenvalue weighted by molar-refractivity contribution is 5.93. The number of amides is 1. The molecule has 0 spiro atoms. The number of benzene rings is 2. The molecule has 0 radical (unpaired) electrons. The number of rotatable bonds is 5. The van der Waals surface area contributed by atoms with Gasteiger partial charge in [0.15, 0.2) is 0 Å². The van der Waals surface area contributed by atoms with E-state index in [1.54, 1.807) is 6.20 Å². The maximum absolute atomic E-state index is 12.8. The Labute approximate surface area is 166 Å². The Morgan fingerprint density at radius 1 is 0.929 bits per heavy atom. The second kappa shape index (κ2) is 8.40. The zero-order valence-electron chi connectivity index (χ0n) is 16.3. The second-order valence-corrected chi connectivity index (χ2v) is 7.47. The van der Waals surface area contributed by atoms with Gasteiger partial charge in [0.25, 0.3) is 5.91 Å². The summed E-state index contributed by atoms with van der Waals surface area (Å²) >= 11 is 0. The van der Waals surface area contributed by atoms with Crippen molar-refractivity contribution in [2.75, 3.05) is 26.2 Å². The maximum atomic E-state index is 12.8. The number of hydrogen-bond acceptors (Lipinski definition) is 3. The lowest BCUT2D eigenvalue weighted by molar-refractivity contribution is 0.0628. The van der Waals surface area contributed by atoms with E-state index in [1.165, 1.54) is 16.7 Å². The molecule has 5 heteroatoms. The predicted octanol–water partition coefficient (Wildman–Crippen LogP) is 3.20. The summed E-state index contributed by atoms with van der Waals surface area (Å²) < 4.78 is 1.83. The molecule has 0 N–H and O–H groups in total. The minimum Gasteiger partial charge on any atom is -0.336 e. The fourth-order valence-corrected chi connectivity index (χ4v) is 3.69. The summed E-state index contributed by atoms with van der Waals surface area (Å²) in [6.07, 6.45) is 3.54. The second-order valence-electron chi connectivity index (χ2n) is 7.47. The van der Waals surface area contributed by atoms with Crippen LogP contribution in [0.4, 0.5) is 0 Å². The van der Waals surface area contributed by atoms with Crippen LogP contribution in [0, 0.1) is 6.92 Å². The van der Waals surface area contributed by atoms with Crippen LogP contribution in [0.2, 0.25) is 0 Å². The smallest absolute Gasteiger partial charge is 0.257 e. The van der Waals surface area contributed by atoms with E-state index in [1.807, 2.05) is 34.0 Å². The van der Waals surface area contributed by atoms with E-state index in [9.17, 15) is 4.79 Å². The van der Waals surface area contributed by atoms with Gasteiger partial charge in [-0.1, -0.05) is 60.2 Å². The van der Waals surface area contributed by atoms with Crippen molar-refractivity contribution in [3.05, 3.63) is 89.2 Å². The molecule has 0 saturated carbocycles. The summed E-state index contributed by atoms with van der Waals surface area (Å²) in [5, 5.41) is 4.37. The molecular weight excluding hydrogens is 348 g/mol. The van der Waals surface area contributed by atoms with E-state index in [4.69, 9.17) is 0 Å². The molecule has 1 fully saturated rings. The van der Waals surface area contributed by atoms with Crippen molar-refractivity contribution in [2.45, 2.75) is 20.0 Å². The zero-order valence-corrected chi connectivity index (χ0v) is 16.3. The molecule has 1 aliphatic rings. The van der Waals surface area contributed by atoms with Crippen LogP contribution in [-0.4, -0.2) is 51.7 Å². The van der Waals surface area contributed by atoms with Crippen LogP contribution in [-0.2, 0) is 13.1 Å². The molecular formula is C23H26N4O. The van der Waals surface area contributed by atoms with Gasteiger partial charge in [0.05, 0.1) is 18.3 Å². The maximum Gasteiger partial charge on any atom is 0.257 e. The molecule has 1 aromatic heterocycles. The van der Waals surface area contributed by atoms with Gasteiger partial charge in [-0.3, -0.25) is 14.4 Å². The number of nitrogens with zero attached hydrogens (tertiary/aromatic N) is 4. The van der Waals surface area contributed by atoms with Crippen LogP contribution in [0.25, 0.3) is 0 Å². The number of hydrogen-bond donors (Lipinski definition) is 0. The van der Waals surface area contributed by atoms with Gasteiger partial charge in [0.1, 0.15) is 0 Å². The first kappa shape index (κ1) is 18.4. The SMILES string of the molecule is Cc1cccc(CN2CCN(C(=O)c3cnn(Cc4ccccc4)c3)CC2)c1. The molecule has 0 unspecified atom stereocenters. The third-order valence-electron chi connectivity index (χ3n) is 5.22. The standard InChI is InChI=1S/C23H26N4O/c1-19-6-5-9-21(14-19)16-25-10-12-26(13-11-25)23(28)22-15-24-27(18-22)17-20-7-3-2-4-8-20/h2-9,14-15,18H,10-13,16-17H2,1H3. The molecule has 2 aromatic carbocycles. The lowest BCUT2D eigenvalue weighted by Gasteiger charge is -2.34. The first-order valence-electron chi connectivity index (χ1n) is 9.81. The Morgan fingerprint density at radius 3 is 2.43 bits per heavy atom. The molecule has 4 rings (SSSR count). The highest BCUT2D eigenvalue weighted by atomic mass is 16.2. The zero-order chi connectivity index (χ0) is 19.3. The first-order valence-corrected chi connectivity index (χ1v) is 9.81. The molecule has 1 saturated heterocycles. The molecule has 28 heavy (non-hydrogen) atoms. The van der Waals surface area contributed by atoms with Crippen LogP contribution < -0.4 is 0 Å². The lowest BCUT2D eigenvalue weighted by Crippen LogP contribution is -2.48. The third kappa shape index (κ3) is 4.49. The number of piperazine rings is 1.